The Labute approximate surface area is 343 Å². The van der Waals surface area contributed by atoms with Crippen molar-refractivity contribution in [1.29, 1.82) is 0 Å². The maximum Gasteiger partial charge on any atom is 0.337 e. The summed E-state index contributed by atoms with van der Waals surface area (Å²) in [6.45, 7) is 5.98. The number of aromatic nitrogens is 1. The van der Waals surface area contributed by atoms with Gasteiger partial charge in [0.2, 0.25) is 0 Å². The van der Waals surface area contributed by atoms with E-state index >= 15 is 0 Å². The number of rotatable bonds is 19. The van der Waals surface area contributed by atoms with Gasteiger partial charge in [0.15, 0.2) is 15.4 Å². The number of aliphatic hydroxyl groups excluding tert-OH is 1. The molecule has 0 unspecified atom stereocenters. The number of benzene rings is 3. The fourth-order valence-electron chi connectivity index (χ4n) is 6.69. The topological polar surface area (TPSA) is 194 Å². The number of carbonyl (C=O) groups excluding carboxylic acids is 1. The molecule has 58 heavy (non-hydrogen) atoms. The molecule has 1 atom stereocenters. The van der Waals surface area contributed by atoms with Crippen LogP contribution in [0.3, 0.4) is 0 Å². The van der Waals surface area contributed by atoms with E-state index in [1.807, 2.05) is 50.2 Å². The zero-order valence-electron chi connectivity index (χ0n) is 33.0. The van der Waals surface area contributed by atoms with E-state index in [2.05, 4.69) is 15.2 Å². The van der Waals surface area contributed by atoms with Crippen molar-refractivity contribution in [2.24, 2.45) is 0 Å². The second-order valence-electron chi connectivity index (χ2n) is 14.3. The van der Waals surface area contributed by atoms with Gasteiger partial charge in [-0.2, -0.15) is 0 Å². The van der Waals surface area contributed by atoms with E-state index in [1.165, 1.54) is 25.6 Å². The third-order valence-electron chi connectivity index (χ3n) is 10.3. The molecule has 1 aromatic heterocycles. The minimum absolute atomic E-state index is 0.0140. The second kappa shape index (κ2) is 19.8. The molecule has 14 nitrogen and oxygen atoms in total. The van der Waals surface area contributed by atoms with Crippen molar-refractivity contribution in [3.8, 4) is 28.4 Å². The number of hydrogen-bond acceptors (Lipinski definition) is 13. The molecule has 0 bridgehead atoms. The lowest BCUT2D eigenvalue weighted by atomic mass is 9.91. The number of aliphatic carboxylic acids is 1. The van der Waals surface area contributed by atoms with E-state index in [0.717, 1.165) is 52.8 Å². The molecule has 4 aromatic rings. The van der Waals surface area contributed by atoms with Crippen LogP contribution in [0.25, 0.3) is 11.1 Å². The fraction of sp³-hybridized carbons (Fsp3) is 0.405. The zero-order valence-corrected chi connectivity index (χ0v) is 34.6. The van der Waals surface area contributed by atoms with Crippen LogP contribution in [0.4, 0.5) is 0 Å². The van der Waals surface area contributed by atoms with Gasteiger partial charge in [-0.25, -0.2) is 13.2 Å². The predicted molar refractivity (Wildman–Crippen MR) is 217 cm³/mol. The molecule has 0 spiro atoms. The largest absolute Gasteiger partial charge is 0.493 e. The van der Waals surface area contributed by atoms with Gasteiger partial charge in [0.05, 0.1) is 30.2 Å². The minimum atomic E-state index is -3.50. The van der Waals surface area contributed by atoms with Crippen molar-refractivity contribution in [1.82, 2.24) is 15.2 Å². The van der Waals surface area contributed by atoms with Gasteiger partial charge in [-0.15, -0.1) is 0 Å². The van der Waals surface area contributed by atoms with Crippen molar-refractivity contribution in [3.63, 3.8) is 0 Å². The number of nitrogens with one attached hydrogen (secondary N) is 1. The van der Waals surface area contributed by atoms with Gasteiger partial charge in [0.1, 0.15) is 36.5 Å². The first-order chi connectivity index (χ1) is 27.6. The number of esters is 1. The number of nitrogens with zero attached hydrogens (tertiary/aromatic N) is 2. The van der Waals surface area contributed by atoms with Crippen LogP contribution < -0.4 is 19.5 Å². The molecule has 1 aliphatic rings. The van der Waals surface area contributed by atoms with Crippen LogP contribution in [0.15, 0.2) is 71.9 Å². The van der Waals surface area contributed by atoms with Crippen LogP contribution in [-0.4, -0.2) is 103 Å². The Bertz CT molecular complexity index is 2190. The highest BCUT2D eigenvalue weighted by Crippen LogP contribution is 2.36. The maximum atomic E-state index is 12.1. The molecule has 4 N–H and O–H groups in total. The van der Waals surface area contributed by atoms with Crippen LogP contribution >= 0.6 is 11.6 Å². The highest BCUT2D eigenvalue weighted by Gasteiger charge is 2.40. The smallest absolute Gasteiger partial charge is 0.337 e. The molecule has 0 radical (unpaired) electrons. The Balaban J connectivity index is 1.27. The van der Waals surface area contributed by atoms with E-state index in [-0.39, 0.29) is 29.7 Å². The molecule has 5 rings (SSSR count). The summed E-state index contributed by atoms with van der Waals surface area (Å²) in [6, 6.07) is 15.4. The number of ether oxygens (including phenoxy) is 4. The lowest BCUT2D eigenvalue weighted by Gasteiger charge is -2.36. The third-order valence-corrected chi connectivity index (χ3v) is 11.6. The average molecular weight is 840 g/mol. The van der Waals surface area contributed by atoms with Crippen LogP contribution in [-0.2, 0) is 43.9 Å². The molecule has 3 aromatic carbocycles. The Morgan fingerprint density at radius 3 is 2.29 bits per heavy atom. The van der Waals surface area contributed by atoms with Gasteiger partial charge in [-0.3, -0.25) is 15.1 Å². The number of methoxy groups -OCH3 is 1. The predicted octanol–water partition coefficient (Wildman–Crippen LogP) is 4.88. The van der Waals surface area contributed by atoms with Crippen molar-refractivity contribution < 1.29 is 52.3 Å². The van der Waals surface area contributed by atoms with Crippen molar-refractivity contribution in [2.45, 2.75) is 69.4 Å². The van der Waals surface area contributed by atoms with E-state index in [1.54, 1.807) is 12.1 Å². The molecular weight excluding hydrogens is 790 g/mol. The molecule has 312 valence electrons. The SMILES string of the molecule is COC(=O)C1(O)CCN(CCCOc2cccc(-c3cccc(COc4cc(OCc5cncc(S(C)(=O)=O)c5)c(CN[C@H](CO)C(=O)O)cc4Cl)c3C)c2C)CC1. The number of carboxylic acids is 1. The van der Waals surface area contributed by atoms with Crippen molar-refractivity contribution >= 4 is 33.4 Å². The molecule has 16 heteroatoms. The summed E-state index contributed by atoms with van der Waals surface area (Å²) >= 11 is 6.70. The second-order valence-corrected chi connectivity index (χ2v) is 16.7. The molecular formula is C42H50ClN3O11S. The maximum absolute atomic E-state index is 12.1. The summed E-state index contributed by atoms with van der Waals surface area (Å²) in [4.78, 5) is 29.7. The Hall–Kier alpha value is -4.77. The van der Waals surface area contributed by atoms with Gasteiger partial charge in [-0.05, 0) is 79.1 Å². The molecule has 0 aliphatic carbocycles. The summed E-state index contributed by atoms with van der Waals surface area (Å²) in [5.74, 6) is -0.418. The molecule has 1 saturated heterocycles. The van der Waals surface area contributed by atoms with Crippen molar-refractivity contribution in [2.75, 3.05) is 46.2 Å². The number of hydrogen-bond donors (Lipinski definition) is 4. The van der Waals surface area contributed by atoms with E-state index in [0.29, 0.717) is 55.2 Å². The van der Waals surface area contributed by atoms with E-state index < -0.39 is 40.0 Å². The summed E-state index contributed by atoms with van der Waals surface area (Å²) in [5.41, 5.74) is 4.48. The quantitative estimate of drug-likeness (QED) is 0.0737. The molecule has 0 saturated carbocycles. The molecule has 1 aliphatic heterocycles. The van der Waals surface area contributed by atoms with Gasteiger partial charge in [0, 0.05) is 62.0 Å². The lowest BCUT2D eigenvalue weighted by Crippen LogP contribution is -2.50. The van der Waals surface area contributed by atoms with Crippen LogP contribution in [0, 0.1) is 13.8 Å². The van der Waals surface area contributed by atoms with Gasteiger partial charge < -0.3 is 39.2 Å². The fourth-order valence-corrected chi connectivity index (χ4v) is 7.55. The van der Waals surface area contributed by atoms with E-state index in [4.69, 9.17) is 30.5 Å². The highest BCUT2D eigenvalue weighted by molar-refractivity contribution is 7.90. The highest BCUT2D eigenvalue weighted by atomic mass is 35.5. The standard InChI is InChI=1S/C42H50ClN3O11S/c1-27-30(8-5-9-33(27)34-10-6-11-37(28(34)2)55-17-7-14-46-15-12-42(51,13-16-46)41(50)54-3)26-57-39-20-38(31(19-35(39)43)22-45-36(24-47)40(48)49)56-25-29-18-32(23-44-21-29)58(4,52)53/h5-6,8-11,18-21,23,36,45,47,51H,7,12-17,22,24-26H2,1-4H3,(H,48,49)/t36-/m1/s1. The van der Waals surface area contributed by atoms with Crippen LogP contribution in [0.1, 0.15) is 47.1 Å². The number of carboxylic acid groups (broad SMARTS) is 1. The van der Waals surface area contributed by atoms with Crippen LogP contribution in [0.2, 0.25) is 5.02 Å². The number of carbonyl (C=O) groups is 2. The summed E-state index contributed by atoms with van der Waals surface area (Å²) in [6.07, 6.45) is 5.28. The minimum Gasteiger partial charge on any atom is -0.493 e. The van der Waals surface area contributed by atoms with Gasteiger partial charge >= 0.3 is 11.9 Å². The molecule has 2 heterocycles. The van der Waals surface area contributed by atoms with E-state index in [9.17, 15) is 33.3 Å². The first-order valence-corrected chi connectivity index (χ1v) is 21.0. The zero-order chi connectivity index (χ0) is 42.0. The number of aliphatic hydroxyl groups is 2. The Morgan fingerprint density at radius 1 is 0.931 bits per heavy atom. The number of halogens is 1. The lowest BCUT2D eigenvalue weighted by molar-refractivity contribution is -0.167. The summed E-state index contributed by atoms with van der Waals surface area (Å²) < 4.78 is 47.6. The van der Waals surface area contributed by atoms with Gasteiger partial charge in [0.25, 0.3) is 0 Å². The first-order valence-electron chi connectivity index (χ1n) is 18.8. The monoisotopic (exact) mass is 839 g/mol. The number of pyridine rings is 1. The number of sulfone groups is 1. The summed E-state index contributed by atoms with van der Waals surface area (Å²) in [5, 5.41) is 32.5. The number of likely N-dealkylation sites (tertiary alicyclic amines) is 1. The van der Waals surface area contributed by atoms with Crippen molar-refractivity contribution in [3.05, 3.63) is 99.8 Å². The molecule has 1 fully saturated rings. The normalized spacial score (nSPS) is 14.7. The Kier molecular flexibility index (Phi) is 15.1. The Morgan fingerprint density at radius 2 is 1.62 bits per heavy atom. The average Bonchev–Trinajstić information content (AvgIpc) is 3.20. The van der Waals surface area contributed by atoms with Gasteiger partial charge in [-0.1, -0.05) is 41.9 Å². The van der Waals surface area contributed by atoms with Crippen LogP contribution in [0.5, 0.6) is 17.2 Å². The first kappa shape index (κ1) is 44.3. The number of piperidine rings is 1. The molecule has 0 amide bonds. The third kappa shape index (κ3) is 11.2. The summed E-state index contributed by atoms with van der Waals surface area (Å²) in [7, 11) is -2.21.